The Morgan fingerprint density at radius 3 is 2.42 bits per heavy atom. The van der Waals surface area contributed by atoms with Crippen LogP contribution in [0.15, 0.2) is 24.3 Å². The first-order valence-corrected chi connectivity index (χ1v) is 11.7. The van der Waals surface area contributed by atoms with Crippen molar-refractivity contribution in [2.45, 2.75) is 69.4 Å². The third-order valence-corrected chi connectivity index (χ3v) is 7.28. The maximum absolute atomic E-state index is 13.3. The van der Waals surface area contributed by atoms with Gasteiger partial charge in [-0.05, 0) is 36.3 Å². The van der Waals surface area contributed by atoms with E-state index >= 15 is 0 Å². The first-order valence-electron chi connectivity index (χ1n) is 11.7. The van der Waals surface area contributed by atoms with Crippen LogP contribution in [0.5, 0.6) is 0 Å². The molecule has 4 rings (SSSR count). The zero-order valence-corrected chi connectivity index (χ0v) is 20.3. The number of ketones is 1. The lowest BCUT2D eigenvalue weighted by Crippen LogP contribution is -2.60. The second-order valence-electron chi connectivity index (χ2n) is 11.0. The summed E-state index contributed by atoms with van der Waals surface area (Å²) in [6, 6.07) is 5.80. The van der Waals surface area contributed by atoms with Crippen LogP contribution in [0, 0.1) is 5.41 Å². The Balaban J connectivity index is 1.45. The molecular formula is C24H30F3N5O4. The normalized spacial score (nSPS) is 25.8. The number of carbonyl (C=O) groups is 4. The van der Waals surface area contributed by atoms with Gasteiger partial charge in [0.25, 0.3) is 0 Å². The van der Waals surface area contributed by atoms with E-state index in [0.717, 1.165) is 5.56 Å². The Morgan fingerprint density at radius 2 is 1.83 bits per heavy atom. The number of rotatable bonds is 6. The van der Waals surface area contributed by atoms with Crippen molar-refractivity contribution in [2.75, 3.05) is 18.4 Å². The van der Waals surface area contributed by atoms with Crippen LogP contribution in [0.4, 0.5) is 18.9 Å². The number of nitrogens with one attached hydrogen (secondary N) is 3. The van der Waals surface area contributed by atoms with E-state index in [9.17, 15) is 32.3 Å². The lowest BCUT2D eigenvalue weighted by Gasteiger charge is -2.32. The second kappa shape index (κ2) is 8.55. The van der Waals surface area contributed by atoms with E-state index in [1.807, 2.05) is 18.2 Å². The maximum Gasteiger partial charge on any atom is 0.471 e. The molecule has 9 nitrogen and oxygen atoms in total. The van der Waals surface area contributed by atoms with E-state index in [1.54, 1.807) is 16.3 Å². The Kier molecular flexibility index (Phi) is 6.19. The number of likely N-dealkylation sites (tertiary alicyclic amines) is 1. The van der Waals surface area contributed by atoms with Gasteiger partial charge in [0, 0.05) is 12.2 Å². The van der Waals surface area contributed by atoms with Crippen LogP contribution < -0.4 is 21.7 Å². The highest BCUT2D eigenvalue weighted by Gasteiger charge is 2.57. The molecule has 1 saturated carbocycles. The monoisotopic (exact) mass is 509 g/mol. The Morgan fingerprint density at radius 1 is 1.19 bits per heavy atom. The number of fused-ring (bicyclic) bond motifs is 2. The summed E-state index contributed by atoms with van der Waals surface area (Å²) in [7, 11) is 0. The second-order valence-corrected chi connectivity index (χ2v) is 11.0. The summed E-state index contributed by atoms with van der Waals surface area (Å²) in [6.07, 6.45) is -4.77. The molecule has 12 heteroatoms. The molecule has 5 N–H and O–H groups in total. The molecule has 0 aromatic heterocycles. The fourth-order valence-corrected chi connectivity index (χ4v) is 5.05. The summed E-state index contributed by atoms with van der Waals surface area (Å²) in [4.78, 5) is 52.3. The zero-order chi connectivity index (χ0) is 26.7. The van der Waals surface area contributed by atoms with Gasteiger partial charge in [0.05, 0.1) is 18.1 Å². The van der Waals surface area contributed by atoms with Crippen LogP contribution in [-0.2, 0) is 24.6 Å². The molecule has 2 fully saturated rings. The number of halogens is 3. The molecule has 0 bridgehead atoms. The highest BCUT2D eigenvalue weighted by atomic mass is 19.4. The Hall–Kier alpha value is -2.99. The smallest absolute Gasteiger partial charge is 0.342 e. The summed E-state index contributed by atoms with van der Waals surface area (Å²) >= 11 is 0. The highest BCUT2D eigenvalue weighted by molar-refractivity contribution is 6.07. The Labute approximate surface area is 206 Å². The van der Waals surface area contributed by atoms with Crippen LogP contribution in [0.1, 0.15) is 45.6 Å². The predicted molar refractivity (Wildman–Crippen MR) is 123 cm³/mol. The number of carbonyl (C=O) groups excluding carboxylic acids is 4. The summed E-state index contributed by atoms with van der Waals surface area (Å²) < 4.78 is 38.4. The molecule has 1 aliphatic carbocycles. The molecule has 1 aromatic rings. The number of amides is 3. The van der Waals surface area contributed by atoms with E-state index in [-0.39, 0.29) is 24.8 Å². The van der Waals surface area contributed by atoms with Gasteiger partial charge in [0.15, 0.2) is 5.78 Å². The lowest BCUT2D eigenvalue weighted by atomic mass is 9.80. The van der Waals surface area contributed by atoms with Crippen molar-refractivity contribution in [3.8, 4) is 0 Å². The topological polar surface area (TPSA) is 134 Å². The molecule has 196 valence electrons. The number of nitrogens with two attached hydrogens (primary N) is 1. The third-order valence-electron chi connectivity index (χ3n) is 7.28. The fraction of sp³-hybridized carbons (Fsp3) is 0.583. The van der Waals surface area contributed by atoms with Gasteiger partial charge in [-0.3, -0.25) is 24.1 Å². The van der Waals surface area contributed by atoms with Crippen molar-refractivity contribution < 1.29 is 32.3 Å². The van der Waals surface area contributed by atoms with Crippen molar-refractivity contribution in [1.82, 2.24) is 15.5 Å². The molecule has 0 unspecified atom stereocenters. The van der Waals surface area contributed by atoms with Gasteiger partial charge in [0.1, 0.15) is 11.6 Å². The van der Waals surface area contributed by atoms with Gasteiger partial charge in [-0.15, -0.1) is 0 Å². The van der Waals surface area contributed by atoms with Gasteiger partial charge < -0.3 is 21.7 Å². The van der Waals surface area contributed by atoms with Gasteiger partial charge >= 0.3 is 12.1 Å². The first-order chi connectivity index (χ1) is 16.6. The molecule has 3 amide bonds. The number of alkyl halides is 3. The van der Waals surface area contributed by atoms with Gasteiger partial charge in [-0.1, -0.05) is 39.0 Å². The van der Waals surface area contributed by atoms with Crippen LogP contribution in [0.3, 0.4) is 0 Å². The number of anilines is 1. The largest absolute Gasteiger partial charge is 0.471 e. The molecule has 3 aliphatic rings. The van der Waals surface area contributed by atoms with Crippen LogP contribution >= 0.6 is 0 Å². The van der Waals surface area contributed by atoms with Crippen molar-refractivity contribution >= 4 is 29.2 Å². The number of nitrogens with zero attached hydrogens (tertiary/aromatic N) is 1. The number of Topliss-reactive ketones (excluding diaryl/α,β-unsaturated/α-hetero) is 1. The van der Waals surface area contributed by atoms with Crippen molar-refractivity contribution in [3.05, 3.63) is 29.8 Å². The summed E-state index contributed by atoms with van der Waals surface area (Å²) in [5.74, 6) is -3.61. The van der Waals surface area contributed by atoms with Gasteiger partial charge in [-0.2, -0.15) is 13.2 Å². The van der Waals surface area contributed by atoms with Crippen LogP contribution in [0.2, 0.25) is 0 Å². The fourth-order valence-electron chi connectivity index (χ4n) is 5.05. The minimum absolute atomic E-state index is 0.131. The molecule has 2 aliphatic heterocycles. The molecule has 2 heterocycles. The van der Waals surface area contributed by atoms with E-state index < -0.39 is 46.6 Å². The van der Waals surface area contributed by atoms with Crippen LogP contribution in [0.25, 0.3) is 0 Å². The molecule has 1 spiro atoms. The molecule has 36 heavy (non-hydrogen) atoms. The molecular weight excluding hydrogens is 479 g/mol. The SMILES string of the molecule is CC(C)(C)[C@H](NC(=O)C(F)(F)F)C(=O)NC1(C(=O)CN2C[C@]3(C[C@H]2N)C(=O)Nc2ccccc23)CC1. The molecule has 1 saturated heterocycles. The van der Waals surface area contributed by atoms with E-state index in [2.05, 4.69) is 10.6 Å². The predicted octanol–water partition coefficient (Wildman–Crippen LogP) is 1.18. The van der Waals surface area contributed by atoms with Gasteiger partial charge in [0.2, 0.25) is 11.8 Å². The van der Waals surface area contributed by atoms with E-state index in [1.165, 1.54) is 20.8 Å². The number of hydrogen-bond donors (Lipinski definition) is 4. The van der Waals surface area contributed by atoms with E-state index in [0.29, 0.717) is 24.9 Å². The Bertz CT molecular complexity index is 1110. The summed E-state index contributed by atoms with van der Waals surface area (Å²) in [6.45, 7) is 4.64. The standard InChI is InChI=1S/C24H30F3N5O4/c1-21(2,3)17(30-20(36)24(25,26)27)18(34)31-23(8-9-23)15(33)11-32-12-22(10-16(32)28)13-6-4-5-7-14(13)29-19(22)35/h4-7,16-17H,8-12,28H2,1-3H3,(H,29,35)(H,30,36)(H,31,34)/t16-,17+,22-/m0/s1. The van der Waals surface area contributed by atoms with Crippen molar-refractivity contribution in [2.24, 2.45) is 11.1 Å². The molecule has 3 atom stereocenters. The number of para-hydroxylation sites is 1. The summed E-state index contributed by atoms with van der Waals surface area (Å²) in [5.41, 5.74) is 4.69. The minimum atomic E-state index is -5.15. The van der Waals surface area contributed by atoms with Gasteiger partial charge in [-0.25, -0.2) is 0 Å². The van der Waals surface area contributed by atoms with Crippen molar-refractivity contribution in [3.63, 3.8) is 0 Å². The quantitative estimate of drug-likeness (QED) is 0.455. The summed E-state index contributed by atoms with van der Waals surface area (Å²) in [5, 5.41) is 7.21. The zero-order valence-electron chi connectivity index (χ0n) is 20.3. The van der Waals surface area contributed by atoms with Crippen molar-refractivity contribution in [1.29, 1.82) is 0 Å². The number of benzene rings is 1. The average Bonchev–Trinajstić information content (AvgIpc) is 3.40. The maximum atomic E-state index is 13.3. The molecule has 0 radical (unpaired) electrons. The lowest BCUT2D eigenvalue weighted by molar-refractivity contribution is -0.175. The number of hydrogen-bond acceptors (Lipinski definition) is 6. The highest BCUT2D eigenvalue weighted by Crippen LogP contribution is 2.46. The first kappa shape index (κ1) is 26.1. The third kappa shape index (κ3) is 4.59. The molecule has 1 aromatic carbocycles. The van der Waals surface area contributed by atoms with E-state index in [4.69, 9.17) is 5.73 Å². The minimum Gasteiger partial charge on any atom is -0.342 e. The average molecular weight is 510 g/mol. The van der Waals surface area contributed by atoms with Crippen LogP contribution in [-0.4, -0.2) is 65.4 Å².